The van der Waals surface area contributed by atoms with E-state index in [2.05, 4.69) is 5.43 Å². The van der Waals surface area contributed by atoms with E-state index in [4.69, 9.17) is 15.3 Å². The largest absolute Gasteiger partial charge is 0.480 e. The molecule has 7 heteroatoms. The number of aliphatic hydroxyl groups is 1. The topological polar surface area (TPSA) is 110 Å². The molecule has 0 aromatic heterocycles. The van der Waals surface area contributed by atoms with Crippen LogP contribution in [0.4, 0.5) is 0 Å². The zero-order chi connectivity index (χ0) is 10.4. The van der Waals surface area contributed by atoms with Crippen molar-refractivity contribution in [2.75, 3.05) is 20.2 Å². The first kappa shape index (κ1) is 11.8. The van der Waals surface area contributed by atoms with Crippen LogP contribution in [0.5, 0.6) is 0 Å². The molecule has 0 unspecified atom stereocenters. The van der Waals surface area contributed by atoms with Crippen molar-refractivity contribution in [3.05, 3.63) is 0 Å². The van der Waals surface area contributed by atoms with Crippen LogP contribution in [0.1, 0.15) is 0 Å². The maximum Gasteiger partial charge on any atom is 0.324 e. The number of nitrogens with zero attached hydrogens (tertiary/aromatic N) is 1. The summed E-state index contributed by atoms with van der Waals surface area (Å²) in [5.41, 5.74) is 2.30. The Morgan fingerprint density at radius 2 is 2.00 bits per heavy atom. The average Bonchev–Trinajstić information content (AvgIpc) is 1.98. The van der Waals surface area contributed by atoms with Crippen LogP contribution < -0.4 is 5.43 Å². The predicted molar refractivity (Wildman–Crippen MR) is 41.9 cm³/mol. The molecule has 0 saturated heterocycles. The molecule has 0 rings (SSSR count). The maximum atomic E-state index is 10.4. The number of hydrogen-bond donors (Lipinski definition) is 4. The molecule has 0 bridgehead atoms. The predicted octanol–water partition coefficient (Wildman–Crippen LogP) is -2.05. The van der Waals surface area contributed by atoms with Gasteiger partial charge in [0.1, 0.15) is 12.6 Å². The van der Waals surface area contributed by atoms with Crippen LogP contribution in [0.25, 0.3) is 0 Å². The molecule has 0 aliphatic heterocycles. The highest BCUT2D eigenvalue weighted by atomic mass is 16.4. The Hall–Kier alpha value is -1.18. The molecule has 7 nitrogen and oxygen atoms in total. The van der Waals surface area contributed by atoms with E-state index in [0.29, 0.717) is 0 Å². The fourth-order valence-electron chi connectivity index (χ4n) is 0.689. The van der Waals surface area contributed by atoms with Gasteiger partial charge in [-0.05, 0) is 0 Å². The summed E-state index contributed by atoms with van der Waals surface area (Å²) >= 11 is 0. The Bertz CT molecular complexity index is 195. The van der Waals surface area contributed by atoms with E-state index < -0.39 is 24.6 Å². The number of rotatable bonds is 6. The third-order valence-electron chi connectivity index (χ3n) is 1.23. The monoisotopic (exact) mass is 192 g/mol. The highest BCUT2D eigenvalue weighted by Gasteiger charge is 2.18. The summed E-state index contributed by atoms with van der Waals surface area (Å²) in [5.74, 6) is -2.32. The van der Waals surface area contributed by atoms with Gasteiger partial charge in [0.25, 0.3) is 0 Å². The molecular formula is C6H12N2O5. The van der Waals surface area contributed by atoms with Crippen LogP contribution in [0, 0.1) is 0 Å². The zero-order valence-corrected chi connectivity index (χ0v) is 7.10. The molecule has 0 heterocycles. The van der Waals surface area contributed by atoms with Crippen molar-refractivity contribution < 1.29 is 24.9 Å². The number of hydrazine groups is 1. The molecule has 0 aromatic carbocycles. The van der Waals surface area contributed by atoms with Gasteiger partial charge in [-0.25, -0.2) is 10.4 Å². The van der Waals surface area contributed by atoms with Gasteiger partial charge < -0.3 is 15.3 Å². The van der Waals surface area contributed by atoms with Gasteiger partial charge in [0.05, 0.1) is 6.61 Å². The second kappa shape index (κ2) is 5.46. The van der Waals surface area contributed by atoms with Crippen LogP contribution in [-0.2, 0) is 9.59 Å². The van der Waals surface area contributed by atoms with Crippen molar-refractivity contribution in [1.29, 1.82) is 0 Å². The number of aliphatic carboxylic acids is 2. The standard InChI is InChI=1S/C6H12N2O5/c1-8(2-5(10)11)7-4(3-9)6(12)13/h4,7,9H,2-3H2,1H3,(H,10,11)(H,12,13)/t4-/m0/s1. The first-order chi connectivity index (χ1) is 5.97. The molecule has 0 aliphatic carbocycles. The molecular weight excluding hydrogens is 180 g/mol. The Balaban J connectivity index is 3.93. The first-order valence-corrected chi connectivity index (χ1v) is 3.50. The van der Waals surface area contributed by atoms with Crippen LogP contribution in [-0.4, -0.2) is 58.5 Å². The smallest absolute Gasteiger partial charge is 0.324 e. The molecule has 0 amide bonds. The Kier molecular flexibility index (Phi) is 4.97. The number of carboxylic acid groups (broad SMARTS) is 2. The SMILES string of the molecule is CN(CC(=O)O)N[C@@H](CO)C(=O)O. The third kappa shape index (κ3) is 5.12. The van der Waals surface area contributed by atoms with Gasteiger partial charge in [-0.1, -0.05) is 0 Å². The van der Waals surface area contributed by atoms with Gasteiger partial charge in [0, 0.05) is 7.05 Å². The number of aliphatic hydroxyl groups excluding tert-OH is 1. The van der Waals surface area contributed by atoms with Gasteiger partial charge in [0.2, 0.25) is 0 Å². The van der Waals surface area contributed by atoms with E-state index in [-0.39, 0.29) is 6.54 Å². The van der Waals surface area contributed by atoms with E-state index in [1.807, 2.05) is 0 Å². The van der Waals surface area contributed by atoms with Gasteiger partial charge in [-0.15, -0.1) is 0 Å². The first-order valence-electron chi connectivity index (χ1n) is 3.50. The van der Waals surface area contributed by atoms with Crippen molar-refractivity contribution in [1.82, 2.24) is 10.4 Å². The molecule has 13 heavy (non-hydrogen) atoms. The quantitative estimate of drug-likeness (QED) is 0.358. The molecule has 0 aromatic rings. The van der Waals surface area contributed by atoms with Crippen LogP contribution in [0.3, 0.4) is 0 Å². The van der Waals surface area contributed by atoms with Crippen LogP contribution in [0.2, 0.25) is 0 Å². The van der Waals surface area contributed by atoms with Crippen molar-refractivity contribution in [3.63, 3.8) is 0 Å². The summed E-state index contributed by atoms with van der Waals surface area (Å²) in [5, 5.41) is 26.4. The lowest BCUT2D eigenvalue weighted by Gasteiger charge is -2.19. The summed E-state index contributed by atoms with van der Waals surface area (Å²) in [4.78, 5) is 20.5. The summed E-state index contributed by atoms with van der Waals surface area (Å²) in [6, 6.07) is -1.18. The lowest BCUT2D eigenvalue weighted by molar-refractivity contribution is -0.145. The van der Waals surface area contributed by atoms with Crippen molar-refractivity contribution in [2.24, 2.45) is 0 Å². The molecule has 1 atom stereocenters. The van der Waals surface area contributed by atoms with E-state index >= 15 is 0 Å². The highest BCUT2D eigenvalue weighted by Crippen LogP contribution is 1.85. The number of hydrogen-bond acceptors (Lipinski definition) is 5. The molecule has 0 saturated carbocycles. The lowest BCUT2D eigenvalue weighted by Crippen LogP contribution is -2.50. The fourth-order valence-corrected chi connectivity index (χ4v) is 0.689. The van der Waals surface area contributed by atoms with E-state index in [1.165, 1.54) is 7.05 Å². The van der Waals surface area contributed by atoms with E-state index in [9.17, 15) is 9.59 Å². The summed E-state index contributed by atoms with van der Waals surface area (Å²) in [7, 11) is 1.37. The van der Waals surface area contributed by atoms with Crippen molar-refractivity contribution in [2.45, 2.75) is 6.04 Å². The van der Waals surface area contributed by atoms with Crippen molar-refractivity contribution >= 4 is 11.9 Å². The second-order valence-corrected chi connectivity index (χ2v) is 2.45. The molecule has 76 valence electrons. The van der Waals surface area contributed by atoms with Gasteiger partial charge >= 0.3 is 11.9 Å². The molecule has 0 radical (unpaired) electrons. The number of nitrogens with one attached hydrogen (secondary N) is 1. The Morgan fingerprint density at radius 1 is 1.46 bits per heavy atom. The van der Waals surface area contributed by atoms with Gasteiger partial charge in [-0.2, -0.15) is 0 Å². The maximum absolute atomic E-state index is 10.4. The minimum Gasteiger partial charge on any atom is -0.480 e. The molecule has 0 spiro atoms. The van der Waals surface area contributed by atoms with Gasteiger partial charge in [-0.3, -0.25) is 9.59 Å². The Morgan fingerprint density at radius 3 is 2.31 bits per heavy atom. The second-order valence-electron chi connectivity index (χ2n) is 2.45. The number of likely N-dealkylation sites (N-methyl/N-ethyl adjacent to an activating group) is 1. The molecule has 0 fully saturated rings. The zero-order valence-electron chi connectivity index (χ0n) is 7.10. The van der Waals surface area contributed by atoms with E-state index in [0.717, 1.165) is 5.01 Å². The molecule has 0 aliphatic rings. The normalized spacial score (nSPS) is 12.8. The average molecular weight is 192 g/mol. The lowest BCUT2D eigenvalue weighted by atomic mass is 10.3. The number of carbonyl (C=O) groups is 2. The highest BCUT2D eigenvalue weighted by molar-refractivity contribution is 5.73. The van der Waals surface area contributed by atoms with E-state index in [1.54, 1.807) is 0 Å². The third-order valence-corrected chi connectivity index (χ3v) is 1.23. The Labute approximate surface area is 74.5 Å². The van der Waals surface area contributed by atoms with Crippen LogP contribution >= 0.6 is 0 Å². The fraction of sp³-hybridized carbons (Fsp3) is 0.667. The summed E-state index contributed by atoms with van der Waals surface area (Å²) in [6.45, 7) is -0.941. The van der Waals surface area contributed by atoms with Crippen LogP contribution in [0.15, 0.2) is 0 Å². The van der Waals surface area contributed by atoms with Crippen molar-refractivity contribution in [3.8, 4) is 0 Å². The minimum absolute atomic E-state index is 0.343. The molecule has 4 N–H and O–H groups in total. The summed E-state index contributed by atoms with van der Waals surface area (Å²) in [6.07, 6.45) is 0. The number of carboxylic acids is 2. The summed E-state index contributed by atoms with van der Waals surface area (Å²) < 4.78 is 0. The van der Waals surface area contributed by atoms with Gasteiger partial charge in [0.15, 0.2) is 0 Å². The minimum atomic E-state index is -1.24.